The third-order valence-electron chi connectivity index (χ3n) is 19.7. The van der Waals surface area contributed by atoms with Gasteiger partial charge in [0.2, 0.25) is 0 Å². The Labute approximate surface area is 468 Å². The number of aromatic nitrogens is 1. The van der Waals surface area contributed by atoms with E-state index in [1.807, 2.05) is 0 Å². The molecule has 3 heterocycles. The molecule has 0 unspecified atom stereocenters. The van der Waals surface area contributed by atoms with E-state index < -0.39 is 8.07 Å². The summed E-state index contributed by atoms with van der Waals surface area (Å²) in [6.07, 6.45) is 6.85. The molecule has 13 aromatic rings. The van der Waals surface area contributed by atoms with Crippen molar-refractivity contribution in [2.24, 2.45) is 23.7 Å². The summed E-state index contributed by atoms with van der Waals surface area (Å²) in [5.41, 5.74) is 16.7. The zero-order chi connectivity index (χ0) is 52.5. The van der Waals surface area contributed by atoms with Gasteiger partial charge in [-0.25, -0.2) is 0 Å². The highest BCUT2D eigenvalue weighted by Gasteiger charge is 2.61. The van der Waals surface area contributed by atoms with Gasteiger partial charge >= 0.3 is 0 Å². The van der Waals surface area contributed by atoms with E-state index >= 15 is 0 Å². The molecule has 1 spiro atoms. The lowest BCUT2D eigenvalue weighted by Crippen LogP contribution is -2.74. The largest absolute Gasteiger partial charge is 0.455 e. The van der Waals surface area contributed by atoms with Gasteiger partial charge in [0.1, 0.15) is 11.2 Å². The summed E-state index contributed by atoms with van der Waals surface area (Å²) in [4.78, 5) is 2.60. The summed E-state index contributed by atoms with van der Waals surface area (Å²) in [6, 6.07) is 101. The van der Waals surface area contributed by atoms with Gasteiger partial charge in [-0.1, -0.05) is 212 Å². The molecule has 3 nitrogen and oxygen atoms in total. The number of hydrogen-bond donors (Lipinski definition) is 0. The number of fused-ring (bicyclic) bond motifs is 8. The van der Waals surface area contributed by atoms with Crippen molar-refractivity contribution in [3.05, 3.63) is 278 Å². The van der Waals surface area contributed by atoms with E-state index in [1.165, 1.54) is 103 Å². The normalized spacial score (nSPS) is 18.8. The maximum Gasteiger partial charge on any atom is 0.179 e. The minimum atomic E-state index is -2.84. The molecule has 0 N–H and O–H groups in total. The third kappa shape index (κ3) is 6.54. The van der Waals surface area contributed by atoms with Gasteiger partial charge in [0.05, 0.1) is 28.1 Å². The topological polar surface area (TPSA) is 21.3 Å². The quantitative estimate of drug-likeness (QED) is 0.112. The van der Waals surface area contributed by atoms with Crippen LogP contribution in [0.2, 0.25) is 0 Å². The molecule has 0 saturated heterocycles. The fourth-order valence-corrected chi connectivity index (χ4v) is 21.6. The van der Waals surface area contributed by atoms with Crippen molar-refractivity contribution in [2.45, 2.75) is 37.5 Å². The van der Waals surface area contributed by atoms with Crippen LogP contribution in [0.5, 0.6) is 0 Å². The van der Waals surface area contributed by atoms with Gasteiger partial charge in [-0.05, 0) is 153 Å². The SMILES string of the molecule is c1ccc([Si](c2ccccc2)(c2ccccc2)c2ccc3c(c2)c2ccccc2n3-c2ccc(-c3cccc4c3oc3ccccc34)cc2-c2cccc(N3c4ccccc4C4(c5ccccc53)C3CC5CC(C3)CC4C5)c2)cc1. The molecule has 1 aliphatic heterocycles. The number of furan rings is 1. The molecule has 4 saturated carbocycles. The Kier molecular flexibility index (Phi) is 10.2. The van der Waals surface area contributed by atoms with Gasteiger partial charge in [0.25, 0.3) is 0 Å². The van der Waals surface area contributed by atoms with E-state index in [2.05, 4.69) is 276 Å². The predicted octanol–water partition coefficient (Wildman–Crippen LogP) is 16.9. The van der Waals surface area contributed by atoms with E-state index in [1.54, 1.807) is 0 Å². The molecule has 4 aliphatic carbocycles. The van der Waals surface area contributed by atoms with Crippen LogP contribution in [-0.2, 0) is 5.41 Å². The number of hydrogen-bond acceptors (Lipinski definition) is 2. The van der Waals surface area contributed by atoms with Gasteiger partial charge in [-0.3, -0.25) is 0 Å². The molecule has 0 atom stereocenters. The van der Waals surface area contributed by atoms with Crippen LogP contribution in [0.1, 0.15) is 43.2 Å². The smallest absolute Gasteiger partial charge is 0.179 e. The van der Waals surface area contributed by atoms with Crippen molar-refractivity contribution >= 4 is 89.6 Å². The molecule has 80 heavy (non-hydrogen) atoms. The fourth-order valence-electron chi connectivity index (χ4n) is 16.8. The van der Waals surface area contributed by atoms with E-state index in [-0.39, 0.29) is 5.41 Å². The van der Waals surface area contributed by atoms with Gasteiger partial charge < -0.3 is 13.9 Å². The summed E-state index contributed by atoms with van der Waals surface area (Å²) in [6.45, 7) is 0. The lowest BCUT2D eigenvalue weighted by atomic mass is 9.41. The highest BCUT2D eigenvalue weighted by atomic mass is 28.3. The van der Waals surface area contributed by atoms with Crippen molar-refractivity contribution in [3.63, 3.8) is 0 Å². The monoisotopic (exact) mass is 1040 g/mol. The van der Waals surface area contributed by atoms with Crippen molar-refractivity contribution in [1.29, 1.82) is 0 Å². The molecule has 0 radical (unpaired) electrons. The molecule has 18 rings (SSSR count). The molecular formula is C76H58N2OSi. The van der Waals surface area contributed by atoms with Crippen molar-refractivity contribution in [1.82, 2.24) is 4.57 Å². The number of para-hydroxylation sites is 5. The van der Waals surface area contributed by atoms with Gasteiger partial charge in [0.15, 0.2) is 8.07 Å². The second-order valence-electron chi connectivity index (χ2n) is 23.5. The molecule has 4 bridgehead atoms. The first kappa shape index (κ1) is 46.0. The van der Waals surface area contributed by atoms with Crippen LogP contribution in [-0.4, -0.2) is 12.6 Å². The molecule has 5 aliphatic rings. The van der Waals surface area contributed by atoms with Crippen LogP contribution in [0.15, 0.2) is 271 Å². The Balaban J connectivity index is 0.894. The van der Waals surface area contributed by atoms with Crippen molar-refractivity contribution in [2.75, 3.05) is 4.90 Å². The summed E-state index contributed by atoms with van der Waals surface area (Å²) in [5, 5.41) is 10.2. The van der Waals surface area contributed by atoms with Gasteiger partial charge in [0, 0.05) is 43.8 Å². The number of anilines is 3. The van der Waals surface area contributed by atoms with Crippen molar-refractivity contribution in [3.8, 4) is 27.9 Å². The van der Waals surface area contributed by atoms with E-state index in [0.29, 0.717) is 11.8 Å². The Morgan fingerprint density at radius 3 is 1.59 bits per heavy atom. The minimum absolute atomic E-state index is 0.0374. The van der Waals surface area contributed by atoms with E-state index in [9.17, 15) is 0 Å². The number of nitrogens with zero attached hydrogens (tertiary/aromatic N) is 2. The summed E-state index contributed by atoms with van der Waals surface area (Å²) in [7, 11) is -2.84. The molecule has 2 aromatic heterocycles. The van der Waals surface area contributed by atoms with Crippen molar-refractivity contribution < 1.29 is 4.42 Å². The minimum Gasteiger partial charge on any atom is -0.455 e. The van der Waals surface area contributed by atoms with E-state index in [4.69, 9.17) is 4.42 Å². The summed E-state index contributed by atoms with van der Waals surface area (Å²) >= 11 is 0. The Hall–Kier alpha value is -8.96. The molecular weight excluding hydrogens is 985 g/mol. The molecule has 382 valence electrons. The summed E-state index contributed by atoms with van der Waals surface area (Å²) < 4.78 is 9.32. The molecule has 0 amide bonds. The maximum absolute atomic E-state index is 6.78. The predicted molar refractivity (Wildman–Crippen MR) is 335 cm³/mol. The Morgan fingerprint density at radius 1 is 0.362 bits per heavy atom. The van der Waals surface area contributed by atoms with Gasteiger partial charge in [-0.15, -0.1) is 0 Å². The van der Waals surface area contributed by atoms with Crippen LogP contribution in [0, 0.1) is 23.7 Å². The van der Waals surface area contributed by atoms with E-state index in [0.717, 1.165) is 61.7 Å². The number of rotatable bonds is 8. The average molecular weight is 1040 g/mol. The zero-order valence-corrected chi connectivity index (χ0v) is 45.6. The third-order valence-corrected chi connectivity index (χ3v) is 24.5. The lowest BCUT2D eigenvalue weighted by molar-refractivity contribution is -0.0419. The first-order chi connectivity index (χ1) is 39.6. The zero-order valence-electron chi connectivity index (χ0n) is 44.6. The highest BCUT2D eigenvalue weighted by molar-refractivity contribution is 7.20. The second kappa shape index (κ2) is 17.8. The van der Waals surface area contributed by atoms with Gasteiger partial charge in [-0.2, -0.15) is 0 Å². The molecule has 11 aromatic carbocycles. The highest BCUT2D eigenvalue weighted by Crippen LogP contribution is 2.69. The molecule has 4 fully saturated rings. The maximum atomic E-state index is 6.78. The standard InChI is InChI=1S/C76H58N2OSi/c1-4-22-57(23-5-1)80(58-24-6-2-7-25-58,59-26-8-3-9-27-59)60-39-41-71-66(49-60)62-28-10-14-34-69(62)78(71)70-40-38-53(61-30-19-31-64-63-29-11-17-37-74(63)79-75(61)64)48-65(70)52-20-18-21-56(47-52)77-72-35-15-12-32-67(72)76(68-33-13-16-36-73(68)77)54-43-50-42-51(45-54)46-55(76)44-50/h1-41,47-51,54-55H,42-46H2. The number of benzene rings is 11. The molecule has 4 heteroatoms. The van der Waals surface area contributed by atoms with Crippen LogP contribution in [0.3, 0.4) is 0 Å². The first-order valence-corrected chi connectivity index (χ1v) is 31.0. The van der Waals surface area contributed by atoms with Crippen LogP contribution in [0.25, 0.3) is 71.7 Å². The summed E-state index contributed by atoms with van der Waals surface area (Å²) in [5.74, 6) is 3.11. The lowest BCUT2D eigenvalue weighted by Gasteiger charge is -2.64. The Bertz CT molecular complexity index is 4400. The van der Waals surface area contributed by atoms with Crippen LogP contribution >= 0.6 is 0 Å². The average Bonchev–Trinajstić information content (AvgIpc) is 2.72. The second-order valence-corrected chi connectivity index (χ2v) is 27.3. The van der Waals surface area contributed by atoms with Crippen LogP contribution < -0.4 is 25.6 Å². The van der Waals surface area contributed by atoms with Crippen LogP contribution in [0.4, 0.5) is 17.1 Å². The fraction of sp³-hybridized carbons (Fsp3) is 0.132. The first-order valence-electron chi connectivity index (χ1n) is 29.0. The Morgan fingerprint density at radius 2 is 0.912 bits per heavy atom.